The molecule has 13 heavy (non-hydrogen) atoms. The summed E-state index contributed by atoms with van der Waals surface area (Å²) < 4.78 is 4.41. The van der Waals surface area contributed by atoms with Gasteiger partial charge < -0.3 is 10.1 Å². The highest BCUT2D eigenvalue weighted by Crippen LogP contribution is 1.89. The van der Waals surface area contributed by atoms with Crippen molar-refractivity contribution < 1.29 is 14.3 Å². The lowest BCUT2D eigenvalue weighted by Crippen LogP contribution is -1.96. The molecule has 1 amide bonds. The van der Waals surface area contributed by atoms with Crippen molar-refractivity contribution in [2.75, 3.05) is 0 Å². The van der Waals surface area contributed by atoms with Gasteiger partial charge in [-0.2, -0.15) is 0 Å². The zero-order valence-corrected chi connectivity index (χ0v) is 7.79. The van der Waals surface area contributed by atoms with Gasteiger partial charge >= 0.3 is 5.97 Å². The van der Waals surface area contributed by atoms with Crippen molar-refractivity contribution in [3.8, 4) is 0 Å². The van der Waals surface area contributed by atoms with Crippen LogP contribution in [0.1, 0.15) is 19.8 Å². The van der Waals surface area contributed by atoms with E-state index < -0.39 is 0 Å². The van der Waals surface area contributed by atoms with E-state index in [0.717, 1.165) is 12.7 Å². The summed E-state index contributed by atoms with van der Waals surface area (Å²) in [5, 5.41) is 2.19. The van der Waals surface area contributed by atoms with Gasteiger partial charge in [0.15, 0.2) is 0 Å². The van der Waals surface area contributed by atoms with Crippen molar-refractivity contribution in [1.82, 2.24) is 5.32 Å². The number of carbonyl (C=O) groups excluding carboxylic acids is 2. The molecule has 0 fully saturated rings. The maximum atomic E-state index is 10.3. The van der Waals surface area contributed by atoms with Crippen LogP contribution in [0.15, 0.2) is 25.6 Å². The lowest BCUT2D eigenvalue weighted by atomic mass is 10.3. The first kappa shape index (κ1) is 14.0. The molecule has 0 aromatic heterocycles. The molecule has 0 aromatic rings. The Morgan fingerprint density at radius 1 is 1.54 bits per heavy atom. The third-order valence-electron chi connectivity index (χ3n) is 0.855. The van der Waals surface area contributed by atoms with E-state index in [1.165, 1.54) is 6.20 Å². The first-order valence-electron chi connectivity index (χ1n) is 3.83. The first-order chi connectivity index (χ1) is 6.22. The van der Waals surface area contributed by atoms with E-state index >= 15 is 0 Å². The molecule has 0 heterocycles. The summed E-state index contributed by atoms with van der Waals surface area (Å²) in [5.41, 5.74) is 0. The summed E-state index contributed by atoms with van der Waals surface area (Å²) in [4.78, 5) is 19.6. The fourth-order valence-corrected chi connectivity index (χ4v) is 0.404. The minimum absolute atomic E-state index is 0.206. The van der Waals surface area contributed by atoms with Gasteiger partial charge in [-0.3, -0.25) is 9.59 Å². The van der Waals surface area contributed by atoms with E-state index in [4.69, 9.17) is 0 Å². The van der Waals surface area contributed by atoms with Crippen molar-refractivity contribution in [3.63, 3.8) is 0 Å². The molecular weight excluding hydrogens is 170 g/mol. The topological polar surface area (TPSA) is 55.4 Å². The third kappa shape index (κ3) is 17.9. The Labute approximate surface area is 78.3 Å². The van der Waals surface area contributed by atoms with Crippen molar-refractivity contribution >= 4 is 12.4 Å². The molecule has 0 aromatic carbocycles. The molecule has 0 aliphatic rings. The van der Waals surface area contributed by atoms with E-state index in [-0.39, 0.29) is 5.97 Å². The van der Waals surface area contributed by atoms with Crippen LogP contribution in [0, 0.1) is 0 Å². The predicted octanol–water partition coefficient (Wildman–Crippen LogP) is 1.35. The lowest BCUT2D eigenvalue weighted by molar-refractivity contribution is -0.138. The molecule has 0 saturated carbocycles. The van der Waals surface area contributed by atoms with Crippen molar-refractivity contribution in [2.24, 2.45) is 0 Å². The molecule has 0 unspecified atom stereocenters. The quantitative estimate of drug-likeness (QED) is 0.399. The second kappa shape index (κ2) is 13.0. The van der Waals surface area contributed by atoms with Crippen LogP contribution in [-0.4, -0.2) is 12.4 Å². The summed E-state index contributed by atoms with van der Waals surface area (Å²) in [7, 11) is 0. The largest absolute Gasteiger partial charge is 0.435 e. The fourth-order valence-electron chi connectivity index (χ4n) is 0.404. The van der Waals surface area contributed by atoms with Crippen LogP contribution < -0.4 is 5.32 Å². The molecule has 0 spiro atoms. The summed E-state index contributed by atoms with van der Waals surface area (Å²) in [6, 6.07) is 0. The van der Waals surface area contributed by atoms with Crippen LogP contribution in [-0.2, 0) is 14.3 Å². The standard InChI is InChI=1S/C6H10O2.C3H5NO/c1-3-5-6(7)8-4-2;1-2-4-3-5/h4H,2-3,5H2,1H3;2-3H,1H2,(H,4,5). The third-order valence-corrected chi connectivity index (χ3v) is 0.855. The summed E-state index contributed by atoms with van der Waals surface area (Å²) >= 11 is 0. The van der Waals surface area contributed by atoms with Gasteiger partial charge in [-0.25, -0.2) is 0 Å². The molecule has 0 atom stereocenters. The Morgan fingerprint density at radius 2 is 2.15 bits per heavy atom. The summed E-state index contributed by atoms with van der Waals surface area (Å²) in [5.74, 6) is -0.206. The number of esters is 1. The second-order valence-corrected chi connectivity index (χ2v) is 1.90. The van der Waals surface area contributed by atoms with Gasteiger partial charge in [0, 0.05) is 6.42 Å². The maximum Gasteiger partial charge on any atom is 0.310 e. The normalized spacial score (nSPS) is 7.15. The van der Waals surface area contributed by atoms with E-state index in [1.807, 2.05) is 6.92 Å². The molecular formula is C9H15NO3. The highest BCUT2D eigenvalue weighted by Gasteiger charge is 1.94. The van der Waals surface area contributed by atoms with E-state index in [9.17, 15) is 9.59 Å². The van der Waals surface area contributed by atoms with Crippen LogP contribution in [0.25, 0.3) is 0 Å². The average molecular weight is 185 g/mol. The number of carbonyl (C=O) groups is 2. The van der Waals surface area contributed by atoms with Gasteiger partial charge in [0.2, 0.25) is 6.41 Å². The predicted molar refractivity (Wildman–Crippen MR) is 50.6 cm³/mol. The highest BCUT2D eigenvalue weighted by molar-refractivity contribution is 5.69. The number of rotatable bonds is 5. The van der Waals surface area contributed by atoms with Crippen LogP contribution in [0.5, 0.6) is 0 Å². The Hall–Kier alpha value is -1.58. The molecule has 4 nitrogen and oxygen atoms in total. The van der Waals surface area contributed by atoms with Crippen LogP contribution >= 0.6 is 0 Å². The molecule has 0 aliphatic heterocycles. The van der Waals surface area contributed by atoms with E-state index in [1.54, 1.807) is 0 Å². The van der Waals surface area contributed by atoms with Gasteiger partial charge in [-0.1, -0.05) is 20.1 Å². The fraction of sp³-hybridized carbons (Fsp3) is 0.333. The number of hydrogen-bond donors (Lipinski definition) is 1. The van der Waals surface area contributed by atoms with Crippen molar-refractivity contribution in [3.05, 3.63) is 25.6 Å². The maximum absolute atomic E-state index is 10.3. The number of amides is 1. The Kier molecular flexibility index (Phi) is 14.0. The van der Waals surface area contributed by atoms with Gasteiger partial charge in [0.25, 0.3) is 0 Å². The average Bonchev–Trinajstić information content (AvgIpc) is 2.08. The van der Waals surface area contributed by atoms with Gasteiger partial charge in [0.05, 0.1) is 6.26 Å². The Morgan fingerprint density at radius 3 is 2.38 bits per heavy atom. The first-order valence-corrected chi connectivity index (χ1v) is 3.83. The Bertz CT molecular complexity index is 160. The molecule has 0 saturated heterocycles. The second-order valence-electron chi connectivity index (χ2n) is 1.90. The molecule has 0 aliphatic carbocycles. The minimum Gasteiger partial charge on any atom is -0.435 e. The number of ether oxygens (including phenoxy) is 1. The van der Waals surface area contributed by atoms with E-state index in [2.05, 4.69) is 23.2 Å². The summed E-state index contributed by atoms with van der Waals surface area (Å²) in [6.45, 7) is 8.37. The van der Waals surface area contributed by atoms with Crippen molar-refractivity contribution in [2.45, 2.75) is 19.8 Å². The van der Waals surface area contributed by atoms with Crippen molar-refractivity contribution in [1.29, 1.82) is 0 Å². The van der Waals surface area contributed by atoms with Gasteiger partial charge in [0.1, 0.15) is 0 Å². The number of nitrogens with one attached hydrogen (secondary N) is 1. The number of hydrogen-bond acceptors (Lipinski definition) is 3. The van der Waals surface area contributed by atoms with Crippen LogP contribution in [0.3, 0.4) is 0 Å². The van der Waals surface area contributed by atoms with Crippen LogP contribution in [0.4, 0.5) is 0 Å². The Balaban J connectivity index is 0. The van der Waals surface area contributed by atoms with Gasteiger partial charge in [-0.05, 0) is 12.6 Å². The molecule has 1 N–H and O–H groups in total. The lowest BCUT2D eigenvalue weighted by Gasteiger charge is -1.92. The molecule has 4 heteroatoms. The smallest absolute Gasteiger partial charge is 0.310 e. The molecule has 74 valence electrons. The molecule has 0 radical (unpaired) electrons. The van der Waals surface area contributed by atoms with Crippen LogP contribution in [0.2, 0.25) is 0 Å². The minimum atomic E-state index is -0.206. The highest BCUT2D eigenvalue weighted by atomic mass is 16.5. The molecule has 0 rings (SSSR count). The SMILES string of the molecule is C=CNC=O.C=COC(=O)CCC. The summed E-state index contributed by atoms with van der Waals surface area (Å²) in [6.07, 6.45) is 4.33. The molecule has 0 bridgehead atoms. The van der Waals surface area contributed by atoms with Gasteiger partial charge in [-0.15, -0.1) is 0 Å². The zero-order chi connectivity index (χ0) is 10.5. The monoisotopic (exact) mass is 185 g/mol. The van der Waals surface area contributed by atoms with E-state index in [0.29, 0.717) is 12.8 Å². The zero-order valence-electron chi connectivity index (χ0n) is 7.79.